The fourth-order valence-electron chi connectivity index (χ4n) is 2.18. The van der Waals surface area contributed by atoms with Gasteiger partial charge in [-0.3, -0.25) is 0 Å². The Hall–Kier alpha value is -1.12. The summed E-state index contributed by atoms with van der Waals surface area (Å²) in [6.07, 6.45) is 2.18. The van der Waals surface area contributed by atoms with Gasteiger partial charge in [0.25, 0.3) is 0 Å². The van der Waals surface area contributed by atoms with Gasteiger partial charge < -0.3 is 5.11 Å². The lowest BCUT2D eigenvalue weighted by molar-refractivity contribution is 0.223. The fourth-order valence-corrected chi connectivity index (χ4v) is 3.12. The van der Waals surface area contributed by atoms with E-state index in [1.54, 1.807) is 11.3 Å². The normalized spacial score (nSPS) is 17.1. The Kier molecular flexibility index (Phi) is 2.77. The lowest BCUT2D eigenvalue weighted by atomic mass is 10.0. The molecule has 1 aromatic carbocycles. The zero-order valence-corrected chi connectivity index (χ0v) is 10.7. The third kappa shape index (κ3) is 2.15. The Morgan fingerprint density at radius 2 is 1.88 bits per heavy atom. The molecule has 1 aliphatic carbocycles. The Morgan fingerprint density at radius 1 is 1.18 bits per heavy atom. The number of aryl methyl sites for hydroxylation is 1. The SMILES string of the molecule is Cc1ccsc1C(O)c1ccc(C2CC2)cc1. The lowest BCUT2D eigenvalue weighted by Crippen LogP contribution is -1.98. The number of aliphatic hydroxyl groups excluding tert-OH is 1. The molecule has 1 saturated carbocycles. The minimum atomic E-state index is -0.469. The molecule has 0 spiro atoms. The molecule has 1 N–H and O–H groups in total. The summed E-state index contributed by atoms with van der Waals surface area (Å²) in [4.78, 5) is 1.06. The Bertz CT molecular complexity index is 508. The summed E-state index contributed by atoms with van der Waals surface area (Å²) in [5, 5.41) is 12.4. The molecule has 0 saturated heterocycles. The first-order chi connectivity index (χ1) is 8.25. The highest BCUT2D eigenvalue weighted by molar-refractivity contribution is 7.10. The van der Waals surface area contributed by atoms with E-state index < -0.39 is 6.10 Å². The van der Waals surface area contributed by atoms with Crippen LogP contribution in [0.3, 0.4) is 0 Å². The molecule has 1 unspecified atom stereocenters. The van der Waals surface area contributed by atoms with Gasteiger partial charge in [0.05, 0.1) is 0 Å². The average Bonchev–Trinajstić information content (AvgIpc) is 3.12. The maximum atomic E-state index is 10.3. The summed E-state index contributed by atoms with van der Waals surface area (Å²) >= 11 is 1.63. The first-order valence-corrected chi connectivity index (χ1v) is 6.95. The van der Waals surface area contributed by atoms with Crippen molar-refractivity contribution in [1.82, 2.24) is 0 Å². The molecule has 3 rings (SSSR count). The maximum Gasteiger partial charge on any atom is 0.113 e. The molecule has 0 bridgehead atoms. The molecule has 88 valence electrons. The van der Waals surface area contributed by atoms with Crippen LogP contribution in [0.2, 0.25) is 0 Å². The minimum Gasteiger partial charge on any atom is -0.383 e. The van der Waals surface area contributed by atoms with E-state index in [1.165, 1.54) is 24.0 Å². The monoisotopic (exact) mass is 244 g/mol. The van der Waals surface area contributed by atoms with Crippen LogP contribution in [0.4, 0.5) is 0 Å². The van der Waals surface area contributed by atoms with Gasteiger partial charge in [-0.2, -0.15) is 0 Å². The highest BCUT2D eigenvalue weighted by Crippen LogP contribution is 2.40. The van der Waals surface area contributed by atoms with Gasteiger partial charge in [-0.1, -0.05) is 24.3 Å². The number of hydrogen-bond acceptors (Lipinski definition) is 2. The van der Waals surface area contributed by atoms with E-state index in [0.717, 1.165) is 16.4 Å². The zero-order chi connectivity index (χ0) is 11.8. The predicted molar refractivity (Wildman–Crippen MR) is 71.5 cm³/mol. The van der Waals surface area contributed by atoms with Gasteiger partial charge in [-0.15, -0.1) is 11.3 Å². The molecule has 17 heavy (non-hydrogen) atoms. The van der Waals surface area contributed by atoms with Crippen molar-refractivity contribution >= 4 is 11.3 Å². The highest BCUT2D eigenvalue weighted by Gasteiger charge is 2.23. The van der Waals surface area contributed by atoms with E-state index >= 15 is 0 Å². The van der Waals surface area contributed by atoms with Crippen LogP contribution in [0.25, 0.3) is 0 Å². The van der Waals surface area contributed by atoms with E-state index in [0.29, 0.717) is 0 Å². The second-order valence-electron chi connectivity index (χ2n) is 4.81. The number of hydrogen-bond donors (Lipinski definition) is 1. The first kappa shape index (κ1) is 11.0. The molecule has 1 atom stereocenters. The highest BCUT2D eigenvalue weighted by atomic mass is 32.1. The summed E-state index contributed by atoms with van der Waals surface area (Å²) in [6.45, 7) is 2.05. The van der Waals surface area contributed by atoms with Crippen molar-refractivity contribution in [2.45, 2.75) is 31.8 Å². The van der Waals surface area contributed by atoms with Gasteiger partial charge in [0.15, 0.2) is 0 Å². The van der Waals surface area contributed by atoms with Crippen LogP contribution in [0, 0.1) is 6.92 Å². The van der Waals surface area contributed by atoms with E-state index in [9.17, 15) is 5.11 Å². The van der Waals surface area contributed by atoms with Crippen LogP contribution >= 0.6 is 11.3 Å². The van der Waals surface area contributed by atoms with Crippen molar-refractivity contribution in [3.8, 4) is 0 Å². The van der Waals surface area contributed by atoms with Crippen molar-refractivity contribution in [2.75, 3.05) is 0 Å². The number of thiophene rings is 1. The Labute approximate surface area is 106 Å². The second-order valence-corrected chi connectivity index (χ2v) is 5.76. The fraction of sp³-hybridized carbons (Fsp3) is 0.333. The second kappa shape index (κ2) is 4.28. The van der Waals surface area contributed by atoms with Crippen LogP contribution in [-0.4, -0.2) is 5.11 Å². The van der Waals surface area contributed by atoms with Crippen LogP contribution in [0.15, 0.2) is 35.7 Å². The number of benzene rings is 1. The molecule has 1 fully saturated rings. The smallest absolute Gasteiger partial charge is 0.113 e. The molecule has 0 radical (unpaired) electrons. The summed E-state index contributed by atoms with van der Waals surface area (Å²) in [5.74, 6) is 0.782. The summed E-state index contributed by atoms with van der Waals surface area (Å²) in [5.41, 5.74) is 3.59. The van der Waals surface area contributed by atoms with Crippen molar-refractivity contribution in [3.05, 3.63) is 57.3 Å². The molecular formula is C15H16OS. The van der Waals surface area contributed by atoms with E-state index in [1.807, 2.05) is 12.3 Å². The predicted octanol–water partition coefficient (Wildman–Crippen LogP) is 4.02. The summed E-state index contributed by atoms with van der Waals surface area (Å²) < 4.78 is 0. The Balaban J connectivity index is 1.86. The molecule has 1 heterocycles. The van der Waals surface area contributed by atoms with E-state index in [-0.39, 0.29) is 0 Å². The van der Waals surface area contributed by atoms with Gasteiger partial charge in [0.2, 0.25) is 0 Å². The molecule has 2 heteroatoms. The van der Waals surface area contributed by atoms with Crippen molar-refractivity contribution in [2.24, 2.45) is 0 Å². The van der Waals surface area contributed by atoms with Gasteiger partial charge in [0.1, 0.15) is 6.10 Å². The molecule has 0 amide bonds. The van der Waals surface area contributed by atoms with E-state index in [4.69, 9.17) is 0 Å². The van der Waals surface area contributed by atoms with Crippen molar-refractivity contribution in [1.29, 1.82) is 0 Å². The third-order valence-corrected chi connectivity index (χ3v) is 4.52. The minimum absolute atomic E-state index is 0.469. The number of aliphatic hydroxyl groups is 1. The zero-order valence-electron chi connectivity index (χ0n) is 9.89. The Morgan fingerprint density at radius 3 is 2.41 bits per heavy atom. The molecule has 1 aromatic heterocycles. The standard InChI is InChI=1S/C15H16OS/c1-10-8-9-17-15(10)14(16)13-6-4-12(5-7-13)11-2-3-11/h4-9,11,14,16H,2-3H2,1H3. The lowest BCUT2D eigenvalue weighted by Gasteiger charge is -2.11. The van der Waals surface area contributed by atoms with Gasteiger partial charge in [0, 0.05) is 4.88 Å². The average molecular weight is 244 g/mol. The molecule has 0 aliphatic heterocycles. The van der Waals surface area contributed by atoms with E-state index in [2.05, 4.69) is 30.3 Å². The third-order valence-electron chi connectivity index (χ3n) is 3.45. The van der Waals surface area contributed by atoms with Crippen LogP contribution in [-0.2, 0) is 0 Å². The molecule has 1 nitrogen and oxygen atoms in total. The van der Waals surface area contributed by atoms with Crippen molar-refractivity contribution in [3.63, 3.8) is 0 Å². The van der Waals surface area contributed by atoms with Crippen molar-refractivity contribution < 1.29 is 5.11 Å². The quantitative estimate of drug-likeness (QED) is 0.864. The van der Waals surface area contributed by atoms with Gasteiger partial charge in [-0.25, -0.2) is 0 Å². The molecule has 1 aliphatic rings. The summed E-state index contributed by atoms with van der Waals surface area (Å²) in [7, 11) is 0. The maximum absolute atomic E-state index is 10.3. The summed E-state index contributed by atoms with van der Waals surface area (Å²) in [6, 6.07) is 10.5. The first-order valence-electron chi connectivity index (χ1n) is 6.07. The van der Waals surface area contributed by atoms with Crippen LogP contribution in [0.1, 0.15) is 46.4 Å². The van der Waals surface area contributed by atoms with Gasteiger partial charge in [-0.05, 0) is 53.8 Å². The van der Waals surface area contributed by atoms with Crippen LogP contribution in [0.5, 0.6) is 0 Å². The molecule has 2 aromatic rings. The van der Waals surface area contributed by atoms with Gasteiger partial charge >= 0.3 is 0 Å². The molecular weight excluding hydrogens is 228 g/mol. The number of rotatable bonds is 3. The largest absolute Gasteiger partial charge is 0.383 e. The van der Waals surface area contributed by atoms with Crippen LogP contribution < -0.4 is 0 Å². The topological polar surface area (TPSA) is 20.2 Å².